The van der Waals surface area contributed by atoms with Crippen molar-refractivity contribution in [1.82, 2.24) is 4.90 Å². The Bertz CT molecular complexity index is 1010. The maximum absolute atomic E-state index is 12.7. The van der Waals surface area contributed by atoms with Crippen molar-refractivity contribution in [2.75, 3.05) is 21.3 Å². The van der Waals surface area contributed by atoms with Gasteiger partial charge in [-0.1, -0.05) is 0 Å². The molecule has 0 N–H and O–H groups in total. The molecule has 2 aromatic rings. The van der Waals surface area contributed by atoms with E-state index in [2.05, 4.69) is 27.3 Å². The largest absolute Gasteiger partial charge is 0.493 e. The van der Waals surface area contributed by atoms with Crippen molar-refractivity contribution in [3.05, 3.63) is 49.8 Å². The molecule has 0 atom stereocenters. The number of halogens is 1. The second-order valence-electron chi connectivity index (χ2n) is 5.76. The average molecular weight is 529 g/mol. The van der Waals surface area contributed by atoms with Gasteiger partial charge in [0.2, 0.25) is 5.76 Å². The van der Waals surface area contributed by atoms with E-state index >= 15 is 0 Å². The maximum atomic E-state index is 12.7. The first-order valence-electron chi connectivity index (χ1n) is 8.21. The molecule has 2 heterocycles. The molecule has 29 heavy (non-hydrogen) atoms. The number of nitrogens with zero attached hydrogens (tertiary/aromatic N) is 1. The van der Waals surface area contributed by atoms with Crippen molar-refractivity contribution in [2.45, 2.75) is 6.54 Å². The second kappa shape index (κ2) is 8.91. The number of ether oxygens (including phenoxy) is 3. The maximum Gasteiger partial charge on any atom is 0.373 e. The van der Waals surface area contributed by atoms with E-state index in [1.165, 1.54) is 26.4 Å². The lowest BCUT2D eigenvalue weighted by Gasteiger charge is -2.11. The molecule has 0 bridgehead atoms. The van der Waals surface area contributed by atoms with E-state index < -0.39 is 17.1 Å². The summed E-state index contributed by atoms with van der Waals surface area (Å²) >= 11 is 2.94. The van der Waals surface area contributed by atoms with Crippen LogP contribution >= 0.6 is 34.4 Å². The number of hydrogen-bond donors (Lipinski definition) is 0. The SMILES string of the molecule is COC(=O)c1ccc(CN2C(=O)S/C(=C/c3cc(I)c(OC)c(OC)c3)C2=O)o1. The molecule has 152 valence electrons. The van der Waals surface area contributed by atoms with Crippen molar-refractivity contribution in [2.24, 2.45) is 0 Å². The molecule has 0 unspecified atom stereocenters. The van der Waals surface area contributed by atoms with Crippen LogP contribution in [-0.4, -0.2) is 43.3 Å². The highest BCUT2D eigenvalue weighted by Gasteiger charge is 2.36. The number of furan rings is 1. The molecule has 10 heteroatoms. The third-order valence-electron chi connectivity index (χ3n) is 3.99. The Labute approximate surface area is 184 Å². The lowest BCUT2D eigenvalue weighted by Crippen LogP contribution is -2.27. The molecule has 1 aromatic heterocycles. The van der Waals surface area contributed by atoms with Gasteiger partial charge in [-0.2, -0.15) is 0 Å². The lowest BCUT2D eigenvalue weighted by molar-refractivity contribution is -0.123. The molecule has 2 amide bonds. The van der Waals surface area contributed by atoms with Crippen LogP contribution in [0.1, 0.15) is 21.9 Å². The molecule has 1 aliphatic heterocycles. The third kappa shape index (κ3) is 4.42. The molecule has 1 aromatic carbocycles. The monoisotopic (exact) mass is 529 g/mol. The van der Waals surface area contributed by atoms with E-state index in [4.69, 9.17) is 13.9 Å². The Morgan fingerprint density at radius 1 is 1.21 bits per heavy atom. The number of rotatable bonds is 6. The summed E-state index contributed by atoms with van der Waals surface area (Å²) in [5.74, 6) is 0.349. The molecule has 1 aliphatic rings. The summed E-state index contributed by atoms with van der Waals surface area (Å²) in [6.07, 6.45) is 1.62. The summed E-state index contributed by atoms with van der Waals surface area (Å²) in [5.41, 5.74) is 0.698. The quantitative estimate of drug-likeness (QED) is 0.316. The molecule has 0 saturated carbocycles. The number of thioether (sulfide) groups is 1. The Hall–Kier alpha value is -2.47. The number of carbonyl (C=O) groups excluding carboxylic acids is 3. The first-order chi connectivity index (χ1) is 13.9. The second-order valence-corrected chi connectivity index (χ2v) is 7.92. The summed E-state index contributed by atoms with van der Waals surface area (Å²) in [4.78, 5) is 37.8. The zero-order chi connectivity index (χ0) is 21.1. The fourth-order valence-electron chi connectivity index (χ4n) is 2.64. The highest BCUT2D eigenvalue weighted by Crippen LogP contribution is 2.37. The fourth-order valence-corrected chi connectivity index (χ4v) is 4.32. The van der Waals surface area contributed by atoms with Gasteiger partial charge in [0.15, 0.2) is 11.5 Å². The fraction of sp³-hybridized carbons (Fsp3) is 0.211. The summed E-state index contributed by atoms with van der Waals surface area (Å²) in [6, 6.07) is 6.51. The standard InChI is InChI=1S/C19H16INO7S/c1-25-14-7-10(6-12(20)16(14)26-2)8-15-17(22)21(19(24)29-15)9-11-4-5-13(28-11)18(23)27-3/h4-8H,9H2,1-3H3/b15-8+. The minimum Gasteiger partial charge on any atom is -0.493 e. The average Bonchev–Trinajstić information content (AvgIpc) is 3.27. The number of esters is 1. The first kappa shape index (κ1) is 21.2. The summed E-state index contributed by atoms with van der Waals surface area (Å²) < 4.78 is 21.4. The van der Waals surface area contributed by atoms with Gasteiger partial charge in [0.05, 0.1) is 36.3 Å². The van der Waals surface area contributed by atoms with Crippen molar-refractivity contribution >= 4 is 57.5 Å². The molecule has 8 nitrogen and oxygen atoms in total. The van der Waals surface area contributed by atoms with Gasteiger partial charge in [-0.05, 0) is 70.3 Å². The van der Waals surface area contributed by atoms with E-state index in [0.29, 0.717) is 22.8 Å². The molecule has 0 aliphatic carbocycles. The van der Waals surface area contributed by atoms with E-state index in [9.17, 15) is 14.4 Å². The van der Waals surface area contributed by atoms with Crippen molar-refractivity contribution in [3.8, 4) is 11.5 Å². The van der Waals surface area contributed by atoms with Crippen molar-refractivity contribution in [1.29, 1.82) is 0 Å². The van der Waals surface area contributed by atoms with E-state index in [0.717, 1.165) is 20.2 Å². The van der Waals surface area contributed by atoms with Crippen LogP contribution < -0.4 is 9.47 Å². The Kier molecular flexibility index (Phi) is 6.52. The Morgan fingerprint density at radius 3 is 2.62 bits per heavy atom. The van der Waals surface area contributed by atoms with E-state index in [1.807, 2.05) is 6.07 Å². The normalized spacial score (nSPS) is 15.2. The molecule has 1 fully saturated rings. The zero-order valence-corrected chi connectivity index (χ0v) is 18.7. The number of methoxy groups -OCH3 is 3. The van der Waals surface area contributed by atoms with Gasteiger partial charge in [-0.25, -0.2) is 4.79 Å². The highest BCUT2D eigenvalue weighted by molar-refractivity contribution is 14.1. The van der Waals surface area contributed by atoms with Crippen LogP contribution in [0.25, 0.3) is 6.08 Å². The zero-order valence-electron chi connectivity index (χ0n) is 15.7. The van der Waals surface area contributed by atoms with Gasteiger partial charge in [0.1, 0.15) is 5.76 Å². The summed E-state index contributed by atoms with van der Waals surface area (Å²) in [7, 11) is 4.31. The smallest absolute Gasteiger partial charge is 0.373 e. The number of imide groups is 1. The van der Waals surface area contributed by atoms with Crippen LogP contribution in [0.15, 0.2) is 33.6 Å². The van der Waals surface area contributed by atoms with Crippen molar-refractivity contribution < 1.29 is 33.0 Å². The number of carbonyl (C=O) groups is 3. The van der Waals surface area contributed by atoms with Crippen LogP contribution in [0.2, 0.25) is 0 Å². The van der Waals surface area contributed by atoms with Crippen LogP contribution in [0.3, 0.4) is 0 Å². The minimum absolute atomic E-state index is 0.00455. The number of amides is 2. The van der Waals surface area contributed by atoms with Gasteiger partial charge in [-0.15, -0.1) is 0 Å². The van der Waals surface area contributed by atoms with Gasteiger partial charge in [-0.3, -0.25) is 14.5 Å². The van der Waals surface area contributed by atoms with Gasteiger partial charge in [0, 0.05) is 0 Å². The van der Waals surface area contributed by atoms with Crippen LogP contribution in [0.4, 0.5) is 4.79 Å². The third-order valence-corrected chi connectivity index (χ3v) is 5.70. The van der Waals surface area contributed by atoms with E-state index in [-0.39, 0.29) is 17.2 Å². The predicted molar refractivity (Wildman–Crippen MR) is 114 cm³/mol. The van der Waals surface area contributed by atoms with Crippen LogP contribution in [0, 0.1) is 3.57 Å². The predicted octanol–water partition coefficient (Wildman–Crippen LogP) is 3.92. The molecule has 0 radical (unpaired) electrons. The molecule has 0 spiro atoms. The Balaban J connectivity index is 1.82. The summed E-state index contributed by atoms with van der Waals surface area (Å²) in [5, 5.41) is -0.424. The lowest BCUT2D eigenvalue weighted by atomic mass is 10.2. The van der Waals surface area contributed by atoms with Crippen LogP contribution in [-0.2, 0) is 16.1 Å². The van der Waals surface area contributed by atoms with Crippen LogP contribution in [0.5, 0.6) is 11.5 Å². The highest BCUT2D eigenvalue weighted by atomic mass is 127. The first-order valence-corrected chi connectivity index (χ1v) is 10.1. The topological polar surface area (TPSA) is 95.3 Å². The van der Waals surface area contributed by atoms with Gasteiger partial charge < -0.3 is 18.6 Å². The summed E-state index contributed by atoms with van der Waals surface area (Å²) in [6.45, 7) is -0.0809. The molecular formula is C19H16INO7S. The van der Waals surface area contributed by atoms with Gasteiger partial charge >= 0.3 is 5.97 Å². The van der Waals surface area contributed by atoms with Gasteiger partial charge in [0.25, 0.3) is 11.1 Å². The number of hydrogen-bond acceptors (Lipinski definition) is 8. The molecule has 1 saturated heterocycles. The minimum atomic E-state index is -0.631. The molecule has 3 rings (SSSR count). The van der Waals surface area contributed by atoms with E-state index in [1.54, 1.807) is 19.3 Å². The molecular weight excluding hydrogens is 513 g/mol. The van der Waals surface area contributed by atoms with Crippen molar-refractivity contribution in [3.63, 3.8) is 0 Å². The number of benzene rings is 1. The Morgan fingerprint density at radius 2 is 1.97 bits per heavy atom.